The normalized spacial score (nSPS) is 10.6. The lowest BCUT2D eigenvalue weighted by Crippen LogP contribution is -2.47. The Hall–Kier alpha value is -2.87. The van der Waals surface area contributed by atoms with Gasteiger partial charge in [-0.25, -0.2) is 14.6 Å². The van der Waals surface area contributed by atoms with Gasteiger partial charge in [0.2, 0.25) is 0 Å². The first kappa shape index (κ1) is 18.9. The summed E-state index contributed by atoms with van der Waals surface area (Å²) >= 11 is 3.40. The summed E-state index contributed by atoms with van der Waals surface area (Å²) in [5.74, 6) is 0.353. The van der Waals surface area contributed by atoms with Crippen LogP contribution in [0.1, 0.15) is 13.8 Å². The number of aromatic nitrogens is 3. The lowest BCUT2D eigenvalue weighted by atomic mass is 10.2. The third-order valence-electron chi connectivity index (χ3n) is 3.88. The van der Waals surface area contributed by atoms with Crippen molar-refractivity contribution in [3.05, 3.63) is 69.6 Å². The largest absolute Gasteiger partial charge is 0.448 e. The molecule has 0 saturated carbocycles. The van der Waals surface area contributed by atoms with Crippen LogP contribution in [0.5, 0.6) is 0 Å². The van der Waals surface area contributed by atoms with Gasteiger partial charge in [0.1, 0.15) is 0 Å². The van der Waals surface area contributed by atoms with Crippen LogP contribution in [0.15, 0.2) is 63.9 Å². The summed E-state index contributed by atoms with van der Waals surface area (Å²) in [5, 5.41) is 5.74. The fourth-order valence-electron chi connectivity index (χ4n) is 2.64. The van der Waals surface area contributed by atoms with E-state index < -0.39 is 11.8 Å². The molecule has 7 nitrogen and oxygen atoms in total. The van der Waals surface area contributed by atoms with Gasteiger partial charge in [0.05, 0.1) is 12.3 Å². The second-order valence-electron chi connectivity index (χ2n) is 5.59. The van der Waals surface area contributed by atoms with E-state index in [9.17, 15) is 9.59 Å². The SMILES string of the molecule is CCOC(=O)N(CC)n1c(-c2ccc(Br)cc2)nn(-c2ccccc2)c1=O. The van der Waals surface area contributed by atoms with E-state index in [0.717, 1.165) is 4.47 Å². The molecule has 0 fully saturated rings. The van der Waals surface area contributed by atoms with Gasteiger partial charge in [0, 0.05) is 16.6 Å². The molecule has 3 rings (SSSR count). The number of para-hydroxylation sites is 1. The molecule has 1 heterocycles. The van der Waals surface area contributed by atoms with E-state index >= 15 is 0 Å². The molecular formula is C19H19BrN4O3. The molecule has 0 spiro atoms. The number of halogens is 1. The van der Waals surface area contributed by atoms with Crippen molar-refractivity contribution in [3.63, 3.8) is 0 Å². The molecule has 0 radical (unpaired) electrons. The Balaban J connectivity index is 2.23. The molecule has 0 unspecified atom stereocenters. The summed E-state index contributed by atoms with van der Waals surface area (Å²) in [6.45, 7) is 3.96. The second kappa shape index (κ2) is 8.22. The lowest BCUT2D eigenvalue weighted by Gasteiger charge is -2.21. The van der Waals surface area contributed by atoms with Crippen molar-refractivity contribution in [2.45, 2.75) is 13.8 Å². The zero-order valence-corrected chi connectivity index (χ0v) is 16.6. The Kier molecular flexibility index (Phi) is 5.75. The van der Waals surface area contributed by atoms with Crippen molar-refractivity contribution >= 4 is 22.0 Å². The maximum Gasteiger partial charge on any atom is 0.429 e. The van der Waals surface area contributed by atoms with Crippen LogP contribution in [0, 0.1) is 0 Å². The van der Waals surface area contributed by atoms with Gasteiger partial charge in [-0.15, -0.1) is 5.10 Å². The Morgan fingerprint density at radius 3 is 2.37 bits per heavy atom. The van der Waals surface area contributed by atoms with Gasteiger partial charge in [-0.1, -0.05) is 46.3 Å². The summed E-state index contributed by atoms with van der Waals surface area (Å²) < 4.78 is 8.55. The standard InChI is InChI=1S/C19H19BrN4O3/c1-3-22(19(26)27-4-2)24-17(14-10-12-15(20)13-11-14)21-23(18(24)25)16-8-6-5-7-9-16/h5-13H,3-4H2,1-2H3. The van der Waals surface area contributed by atoms with E-state index in [-0.39, 0.29) is 13.2 Å². The molecule has 0 atom stereocenters. The number of amides is 1. The Morgan fingerprint density at radius 1 is 1.11 bits per heavy atom. The first-order chi connectivity index (χ1) is 13.1. The van der Waals surface area contributed by atoms with Gasteiger partial charge in [0.25, 0.3) is 0 Å². The second-order valence-corrected chi connectivity index (χ2v) is 6.50. The smallest absolute Gasteiger partial charge is 0.429 e. The average Bonchev–Trinajstić information content (AvgIpc) is 3.01. The monoisotopic (exact) mass is 430 g/mol. The topological polar surface area (TPSA) is 69.4 Å². The zero-order chi connectivity index (χ0) is 19.4. The number of rotatable bonds is 5. The van der Waals surface area contributed by atoms with Crippen LogP contribution in [0.4, 0.5) is 4.79 Å². The predicted octanol–water partition coefficient (Wildman–Crippen LogP) is 3.58. The van der Waals surface area contributed by atoms with E-state index in [0.29, 0.717) is 17.1 Å². The van der Waals surface area contributed by atoms with Gasteiger partial charge in [0.15, 0.2) is 5.82 Å². The minimum absolute atomic E-state index is 0.213. The highest BCUT2D eigenvalue weighted by atomic mass is 79.9. The van der Waals surface area contributed by atoms with Crippen LogP contribution in [0.2, 0.25) is 0 Å². The first-order valence-electron chi connectivity index (χ1n) is 8.54. The van der Waals surface area contributed by atoms with Crippen molar-refractivity contribution < 1.29 is 9.53 Å². The number of hydrogen-bond acceptors (Lipinski definition) is 4. The van der Waals surface area contributed by atoms with Crippen molar-refractivity contribution in [2.75, 3.05) is 18.2 Å². The average molecular weight is 431 g/mol. The minimum Gasteiger partial charge on any atom is -0.448 e. The number of nitrogens with zero attached hydrogens (tertiary/aromatic N) is 4. The van der Waals surface area contributed by atoms with Crippen LogP contribution in [0.25, 0.3) is 17.1 Å². The molecule has 0 aliphatic rings. The van der Waals surface area contributed by atoms with Crippen LogP contribution in [-0.4, -0.2) is 33.7 Å². The van der Waals surface area contributed by atoms with Gasteiger partial charge in [-0.05, 0) is 38.1 Å². The molecule has 140 valence electrons. The van der Waals surface area contributed by atoms with Crippen LogP contribution >= 0.6 is 15.9 Å². The van der Waals surface area contributed by atoms with Crippen LogP contribution in [0.3, 0.4) is 0 Å². The van der Waals surface area contributed by atoms with Crippen molar-refractivity contribution in [2.24, 2.45) is 0 Å². The molecule has 1 aromatic heterocycles. The molecule has 0 bridgehead atoms. The minimum atomic E-state index is -0.604. The Bertz CT molecular complexity index is 980. The maximum absolute atomic E-state index is 13.1. The predicted molar refractivity (Wildman–Crippen MR) is 107 cm³/mol. The van der Waals surface area contributed by atoms with Gasteiger partial charge < -0.3 is 4.74 Å². The highest BCUT2D eigenvalue weighted by Crippen LogP contribution is 2.20. The fourth-order valence-corrected chi connectivity index (χ4v) is 2.91. The van der Waals surface area contributed by atoms with Crippen LogP contribution < -0.4 is 10.7 Å². The van der Waals surface area contributed by atoms with E-state index in [4.69, 9.17) is 4.74 Å². The van der Waals surface area contributed by atoms with Gasteiger partial charge in [-0.3, -0.25) is 0 Å². The molecule has 3 aromatic rings. The highest BCUT2D eigenvalue weighted by molar-refractivity contribution is 9.10. The molecule has 27 heavy (non-hydrogen) atoms. The molecule has 1 amide bonds. The summed E-state index contributed by atoms with van der Waals surface area (Å²) in [6, 6.07) is 16.4. The Labute approximate surface area is 164 Å². The summed E-state index contributed by atoms with van der Waals surface area (Å²) in [4.78, 5) is 25.6. The fraction of sp³-hybridized carbons (Fsp3) is 0.211. The lowest BCUT2D eigenvalue weighted by molar-refractivity contribution is 0.153. The van der Waals surface area contributed by atoms with E-state index in [1.807, 2.05) is 42.5 Å². The molecule has 0 N–H and O–H groups in total. The molecule has 0 saturated heterocycles. The highest BCUT2D eigenvalue weighted by Gasteiger charge is 2.25. The maximum atomic E-state index is 13.1. The Morgan fingerprint density at radius 2 is 1.78 bits per heavy atom. The number of ether oxygens (including phenoxy) is 1. The third kappa shape index (κ3) is 3.80. The first-order valence-corrected chi connectivity index (χ1v) is 9.34. The van der Waals surface area contributed by atoms with Crippen molar-refractivity contribution in [3.8, 4) is 17.1 Å². The number of carbonyl (C=O) groups is 1. The quantitative estimate of drug-likeness (QED) is 0.620. The molecule has 0 aliphatic carbocycles. The molecule has 0 aliphatic heterocycles. The van der Waals surface area contributed by atoms with Crippen molar-refractivity contribution in [1.82, 2.24) is 14.5 Å². The summed E-state index contributed by atoms with van der Waals surface area (Å²) in [5.41, 5.74) is 0.862. The molecular weight excluding hydrogens is 412 g/mol. The van der Waals surface area contributed by atoms with Crippen molar-refractivity contribution in [1.29, 1.82) is 0 Å². The number of benzene rings is 2. The van der Waals surface area contributed by atoms with E-state index in [1.165, 1.54) is 14.4 Å². The van der Waals surface area contributed by atoms with E-state index in [2.05, 4.69) is 21.0 Å². The number of hydrogen-bond donors (Lipinski definition) is 0. The van der Waals surface area contributed by atoms with Gasteiger partial charge in [-0.2, -0.15) is 9.36 Å². The molecule has 2 aromatic carbocycles. The van der Waals surface area contributed by atoms with E-state index in [1.54, 1.807) is 26.0 Å². The molecule has 8 heteroatoms. The summed E-state index contributed by atoms with van der Waals surface area (Å²) in [7, 11) is 0. The van der Waals surface area contributed by atoms with Gasteiger partial charge >= 0.3 is 11.8 Å². The third-order valence-corrected chi connectivity index (χ3v) is 4.41. The number of carbonyl (C=O) groups excluding carboxylic acids is 1. The zero-order valence-electron chi connectivity index (χ0n) is 15.0. The summed E-state index contributed by atoms with van der Waals surface area (Å²) in [6.07, 6.45) is -0.604. The van der Waals surface area contributed by atoms with Crippen LogP contribution in [-0.2, 0) is 4.74 Å².